The number of rotatable bonds is 4. The molecule has 1 atom stereocenters. The molecule has 0 saturated carbocycles. The van der Waals surface area contributed by atoms with E-state index < -0.39 is 18.0 Å². The quantitative estimate of drug-likeness (QED) is 0.809. The molecule has 2 heterocycles. The predicted octanol–water partition coefficient (Wildman–Crippen LogP) is 0.365. The molecule has 122 valence electrons. The Bertz CT molecular complexity index is 654. The number of ether oxygens (including phenoxy) is 1. The third kappa shape index (κ3) is 2.95. The molecule has 8 nitrogen and oxygen atoms in total. The first-order chi connectivity index (χ1) is 11.1. The number of amides is 2. The van der Waals surface area contributed by atoms with Crippen LogP contribution in [0.25, 0.3) is 0 Å². The van der Waals surface area contributed by atoms with Gasteiger partial charge in [-0.3, -0.25) is 9.69 Å². The van der Waals surface area contributed by atoms with E-state index in [0.717, 1.165) is 0 Å². The van der Waals surface area contributed by atoms with Gasteiger partial charge in [-0.1, -0.05) is 0 Å². The largest absolute Gasteiger partial charge is 0.441 e. The average molecular weight is 322 g/mol. The number of hydrazone groups is 1. The summed E-state index contributed by atoms with van der Waals surface area (Å²) in [4.78, 5) is 25.2. The van der Waals surface area contributed by atoms with Gasteiger partial charge in [0.2, 0.25) is 6.41 Å². The van der Waals surface area contributed by atoms with Gasteiger partial charge in [0.25, 0.3) is 0 Å². The topological polar surface area (TPSA) is 85.7 Å². The Balaban J connectivity index is 1.79. The number of carbonyl (C=O) groups excluding carboxylic acids is 2. The lowest BCUT2D eigenvalue weighted by atomic mass is 10.2. The molecule has 0 aliphatic carbocycles. The fourth-order valence-corrected chi connectivity index (χ4v) is 2.44. The number of halogens is 1. The van der Waals surface area contributed by atoms with E-state index in [0.29, 0.717) is 30.9 Å². The Labute approximate surface area is 131 Å². The van der Waals surface area contributed by atoms with Crippen molar-refractivity contribution in [2.75, 3.05) is 36.0 Å². The molecule has 2 amide bonds. The van der Waals surface area contributed by atoms with E-state index in [4.69, 9.17) is 9.84 Å². The van der Waals surface area contributed by atoms with Crippen molar-refractivity contribution in [3.63, 3.8) is 0 Å². The molecule has 1 N–H and O–H groups in total. The van der Waals surface area contributed by atoms with Crippen molar-refractivity contribution < 1.29 is 23.8 Å². The Hall–Kier alpha value is -2.68. The van der Waals surface area contributed by atoms with Crippen LogP contribution in [0.4, 0.5) is 20.6 Å². The minimum absolute atomic E-state index is 0.174. The summed E-state index contributed by atoms with van der Waals surface area (Å²) in [7, 11) is 0. The first-order valence-electron chi connectivity index (χ1n) is 7.03. The number of hydrogen-bond donors (Lipinski definition) is 1. The minimum atomic E-state index is -0.614. The van der Waals surface area contributed by atoms with Crippen molar-refractivity contribution in [2.24, 2.45) is 5.10 Å². The van der Waals surface area contributed by atoms with Gasteiger partial charge >= 0.3 is 6.09 Å². The summed E-state index contributed by atoms with van der Waals surface area (Å²) in [5, 5.41) is 14.1. The van der Waals surface area contributed by atoms with E-state index in [-0.39, 0.29) is 13.2 Å². The Morgan fingerprint density at radius 2 is 2.26 bits per heavy atom. The standard InChI is InChI=1S/C14H15FN4O4/c15-12-5-10(19-6-11(7-20)23-14(19)22)1-2-13(12)17-3-4-18(9-21)16-8-17/h1-2,5,8-9,11,20H,3-4,6-7H2/t11-/m1/s1. The second-order valence-corrected chi connectivity index (χ2v) is 5.13. The summed E-state index contributed by atoms with van der Waals surface area (Å²) in [5.74, 6) is -0.520. The molecule has 1 saturated heterocycles. The zero-order valence-electron chi connectivity index (χ0n) is 12.1. The van der Waals surface area contributed by atoms with Crippen LogP contribution in [-0.4, -0.2) is 61.3 Å². The van der Waals surface area contributed by atoms with Crippen LogP contribution in [0.1, 0.15) is 0 Å². The van der Waals surface area contributed by atoms with E-state index in [9.17, 15) is 14.0 Å². The van der Waals surface area contributed by atoms with Gasteiger partial charge in [-0.2, -0.15) is 5.10 Å². The number of aliphatic hydroxyl groups excluding tert-OH is 1. The first-order valence-corrected chi connectivity index (χ1v) is 7.03. The number of anilines is 2. The SMILES string of the molecule is O=CN1CCN(c2ccc(N3C[C@H](CO)OC3=O)cc2F)C=N1. The molecule has 3 rings (SSSR count). The normalized spacial score (nSPS) is 20.9. The van der Waals surface area contributed by atoms with Gasteiger partial charge in [0.15, 0.2) is 0 Å². The van der Waals surface area contributed by atoms with Crippen molar-refractivity contribution in [1.29, 1.82) is 0 Å². The molecular weight excluding hydrogens is 307 g/mol. The molecule has 1 fully saturated rings. The van der Waals surface area contributed by atoms with Gasteiger partial charge in [-0.15, -0.1) is 0 Å². The highest BCUT2D eigenvalue weighted by Gasteiger charge is 2.32. The summed E-state index contributed by atoms with van der Waals surface area (Å²) in [5.41, 5.74) is 0.657. The summed E-state index contributed by atoms with van der Waals surface area (Å²) in [6.07, 6.45) is 0.761. The Morgan fingerprint density at radius 3 is 2.83 bits per heavy atom. The maximum Gasteiger partial charge on any atom is 0.414 e. The highest BCUT2D eigenvalue weighted by atomic mass is 19.1. The van der Waals surface area contributed by atoms with E-state index in [1.54, 1.807) is 11.0 Å². The van der Waals surface area contributed by atoms with Gasteiger partial charge in [0, 0.05) is 6.54 Å². The zero-order valence-corrected chi connectivity index (χ0v) is 12.1. The summed E-state index contributed by atoms with van der Waals surface area (Å²) in [6.45, 7) is 0.669. The number of benzene rings is 1. The molecule has 0 bridgehead atoms. The molecule has 0 unspecified atom stereocenters. The van der Waals surface area contributed by atoms with Crippen molar-refractivity contribution in [3.8, 4) is 0 Å². The van der Waals surface area contributed by atoms with Crippen molar-refractivity contribution in [1.82, 2.24) is 5.01 Å². The van der Waals surface area contributed by atoms with Gasteiger partial charge in [-0.25, -0.2) is 14.2 Å². The van der Waals surface area contributed by atoms with Crippen LogP contribution in [0.15, 0.2) is 23.3 Å². The molecule has 1 aromatic carbocycles. The van der Waals surface area contributed by atoms with Crippen LogP contribution >= 0.6 is 0 Å². The predicted molar refractivity (Wildman–Crippen MR) is 79.7 cm³/mol. The van der Waals surface area contributed by atoms with E-state index in [1.807, 2.05) is 0 Å². The molecule has 0 aromatic heterocycles. The van der Waals surface area contributed by atoms with Crippen LogP contribution in [0.2, 0.25) is 0 Å². The molecule has 0 spiro atoms. The van der Waals surface area contributed by atoms with Crippen LogP contribution in [0.3, 0.4) is 0 Å². The maximum atomic E-state index is 14.4. The third-order valence-corrected chi connectivity index (χ3v) is 3.66. The van der Waals surface area contributed by atoms with Gasteiger partial charge in [-0.05, 0) is 18.2 Å². The molecule has 1 aromatic rings. The van der Waals surface area contributed by atoms with E-state index in [1.165, 1.54) is 28.4 Å². The number of hydrogen-bond acceptors (Lipinski definition) is 6. The molecule has 2 aliphatic rings. The van der Waals surface area contributed by atoms with Crippen LogP contribution in [-0.2, 0) is 9.53 Å². The van der Waals surface area contributed by atoms with Gasteiger partial charge < -0.3 is 14.7 Å². The van der Waals surface area contributed by atoms with E-state index in [2.05, 4.69) is 5.10 Å². The first kappa shape index (κ1) is 15.2. The van der Waals surface area contributed by atoms with Crippen LogP contribution < -0.4 is 9.80 Å². The number of nitrogens with zero attached hydrogens (tertiary/aromatic N) is 4. The highest BCUT2D eigenvalue weighted by Crippen LogP contribution is 2.27. The second-order valence-electron chi connectivity index (χ2n) is 5.13. The zero-order chi connectivity index (χ0) is 16.4. The van der Waals surface area contributed by atoms with Crippen LogP contribution in [0.5, 0.6) is 0 Å². The number of carbonyl (C=O) groups is 2. The van der Waals surface area contributed by atoms with Crippen molar-refractivity contribution in [3.05, 3.63) is 24.0 Å². The minimum Gasteiger partial charge on any atom is -0.441 e. The highest BCUT2D eigenvalue weighted by molar-refractivity contribution is 5.90. The lowest BCUT2D eigenvalue weighted by Gasteiger charge is -2.27. The maximum absolute atomic E-state index is 14.4. The van der Waals surface area contributed by atoms with Crippen molar-refractivity contribution >= 4 is 30.2 Å². The third-order valence-electron chi connectivity index (χ3n) is 3.66. The smallest absolute Gasteiger partial charge is 0.414 e. The summed E-state index contributed by atoms with van der Waals surface area (Å²) < 4.78 is 19.3. The molecular formula is C14H15FN4O4. The fraction of sp³-hybridized carbons (Fsp3) is 0.357. The monoisotopic (exact) mass is 322 g/mol. The lowest BCUT2D eigenvalue weighted by Crippen LogP contribution is -2.37. The van der Waals surface area contributed by atoms with Crippen LogP contribution in [0, 0.1) is 5.82 Å². The number of cyclic esters (lactones) is 1. The van der Waals surface area contributed by atoms with E-state index >= 15 is 0 Å². The van der Waals surface area contributed by atoms with Crippen molar-refractivity contribution in [2.45, 2.75) is 6.10 Å². The second kappa shape index (κ2) is 6.21. The molecule has 23 heavy (non-hydrogen) atoms. The summed E-state index contributed by atoms with van der Waals surface area (Å²) in [6, 6.07) is 4.36. The number of aliphatic hydroxyl groups is 1. The fourth-order valence-electron chi connectivity index (χ4n) is 2.44. The Morgan fingerprint density at radius 1 is 1.43 bits per heavy atom. The summed E-state index contributed by atoms with van der Waals surface area (Å²) >= 11 is 0. The molecule has 0 radical (unpaired) electrons. The molecule has 2 aliphatic heterocycles. The Kier molecular flexibility index (Phi) is 4.11. The van der Waals surface area contributed by atoms with Gasteiger partial charge in [0.1, 0.15) is 18.3 Å². The lowest BCUT2D eigenvalue weighted by molar-refractivity contribution is -0.118. The molecule has 9 heteroatoms. The average Bonchev–Trinajstić information content (AvgIpc) is 2.96. The van der Waals surface area contributed by atoms with Gasteiger partial charge in [0.05, 0.1) is 31.1 Å².